The van der Waals surface area contributed by atoms with Crippen LogP contribution in [-0.2, 0) is 6.18 Å². The van der Waals surface area contributed by atoms with E-state index in [9.17, 15) is 18.0 Å². The highest BCUT2D eigenvalue weighted by molar-refractivity contribution is 5.90. The van der Waals surface area contributed by atoms with E-state index >= 15 is 0 Å². The first kappa shape index (κ1) is 12.2. The number of methoxy groups -OCH3 is 1. The van der Waals surface area contributed by atoms with Gasteiger partial charge in [0.05, 0.1) is 18.4 Å². The number of nitrogen functional groups attached to an aromatic ring is 1. The normalized spacial score (nSPS) is 11.2. The zero-order chi connectivity index (χ0) is 12.5. The van der Waals surface area contributed by atoms with E-state index in [0.717, 1.165) is 13.2 Å². The maximum Gasteiger partial charge on any atom is 0.420 e. The van der Waals surface area contributed by atoms with Crippen LogP contribution in [0.5, 0.6) is 5.75 Å². The molecular weight excluding hydrogens is 227 g/mol. The Balaban J connectivity index is 3.49. The molecule has 4 nitrogen and oxygen atoms in total. The number of nitrogens with two attached hydrogens (primary N) is 1. The number of halogens is 3. The van der Waals surface area contributed by atoms with Crippen molar-refractivity contribution in [1.29, 1.82) is 0 Å². The van der Waals surface area contributed by atoms with Crippen LogP contribution in [-0.4, -0.2) is 18.2 Å². The third-order valence-electron chi connectivity index (χ3n) is 1.87. The van der Waals surface area contributed by atoms with E-state index in [1.54, 1.807) is 0 Å². The van der Waals surface area contributed by atoms with Gasteiger partial charge in [-0.05, 0) is 12.1 Å². The number of hydrogen-bond acceptors (Lipinski definition) is 3. The number of ether oxygens (including phenoxy) is 1. The highest BCUT2D eigenvalue weighted by Crippen LogP contribution is 2.40. The largest absolute Gasteiger partial charge is 0.494 e. The van der Waals surface area contributed by atoms with Crippen LogP contribution >= 0.6 is 0 Å². The fourth-order valence-electron chi connectivity index (χ4n) is 1.21. The predicted octanol–water partition coefficient (Wildman–Crippen LogP) is 1.99. The average Bonchev–Trinajstić information content (AvgIpc) is 2.14. The quantitative estimate of drug-likeness (QED) is 0.769. The Morgan fingerprint density at radius 3 is 2.38 bits per heavy atom. The van der Waals surface area contributed by atoms with Gasteiger partial charge in [0, 0.05) is 0 Å². The maximum atomic E-state index is 12.5. The monoisotopic (exact) mass is 235 g/mol. The van der Waals surface area contributed by atoms with E-state index in [-0.39, 0.29) is 5.69 Å². The molecule has 1 rings (SSSR count). The fraction of sp³-hybridized carbons (Fsp3) is 0.222. The number of carboxylic acids is 1. The van der Waals surface area contributed by atoms with Crippen LogP contribution in [0, 0.1) is 0 Å². The lowest BCUT2D eigenvalue weighted by atomic mass is 10.1. The first-order chi connectivity index (χ1) is 7.27. The van der Waals surface area contributed by atoms with Gasteiger partial charge in [-0.25, -0.2) is 4.79 Å². The average molecular weight is 235 g/mol. The molecule has 0 aliphatic heterocycles. The third-order valence-corrected chi connectivity index (χ3v) is 1.87. The van der Waals surface area contributed by atoms with E-state index in [4.69, 9.17) is 10.8 Å². The standard InChI is InChI=1S/C9H8F3NO3/c1-16-7-5(9(10,11)12)2-4(8(14)15)3-6(7)13/h2-3H,13H2,1H3,(H,14,15). The number of anilines is 1. The Morgan fingerprint density at radius 2 is 2.00 bits per heavy atom. The van der Waals surface area contributed by atoms with Gasteiger partial charge in [0.1, 0.15) is 5.56 Å². The number of carboxylic acid groups (broad SMARTS) is 1. The lowest BCUT2D eigenvalue weighted by Crippen LogP contribution is -2.11. The van der Waals surface area contributed by atoms with Gasteiger partial charge in [0.2, 0.25) is 0 Å². The summed E-state index contributed by atoms with van der Waals surface area (Å²) in [5.74, 6) is -2.06. The van der Waals surface area contributed by atoms with Gasteiger partial charge in [-0.3, -0.25) is 0 Å². The molecule has 0 bridgehead atoms. The second-order valence-electron chi connectivity index (χ2n) is 2.95. The first-order valence-electron chi connectivity index (χ1n) is 4.05. The van der Waals surface area contributed by atoms with Crippen molar-refractivity contribution in [2.24, 2.45) is 0 Å². The zero-order valence-corrected chi connectivity index (χ0v) is 8.13. The molecule has 3 N–H and O–H groups in total. The van der Waals surface area contributed by atoms with Gasteiger partial charge in [-0.1, -0.05) is 0 Å². The number of rotatable bonds is 2. The molecule has 16 heavy (non-hydrogen) atoms. The van der Waals surface area contributed by atoms with E-state index < -0.39 is 29.0 Å². The van der Waals surface area contributed by atoms with E-state index in [1.165, 1.54) is 0 Å². The van der Waals surface area contributed by atoms with Crippen LogP contribution in [0.15, 0.2) is 12.1 Å². The highest BCUT2D eigenvalue weighted by atomic mass is 19.4. The van der Waals surface area contributed by atoms with Crippen LogP contribution in [0.1, 0.15) is 15.9 Å². The van der Waals surface area contributed by atoms with Crippen LogP contribution in [0.2, 0.25) is 0 Å². The maximum absolute atomic E-state index is 12.5. The van der Waals surface area contributed by atoms with Crippen LogP contribution < -0.4 is 10.5 Å². The van der Waals surface area contributed by atoms with E-state index in [0.29, 0.717) is 6.07 Å². The van der Waals surface area contributed by atoms with E-state index in [2.05, 4.69) is 4.74 Å². The lowest BCUT2D eigenvalue weighted by Gasteiger charge is -2.14. The summed E-state index contributed by atoms with van der Waals surface area (Å²) in [5, 5.41) is 8.60. The molecule has 0 heterocycles. The second kappa shape index (κ2) is 3.92. The molecule has 0 saturated carbocycles. The molecule has 0 amide bonds. The zero-order valence-electron chi connectivity index (χ0n) is 8.13. The van der Waals surface area contributed by atoms with Gasteiger partial charge >= 0.3 is 12.1 Å². The minimum atomic E-state index is -4.72. The summed E-state index contributed by atoms with van der Waals surface area (Å²) in [5.41, 5.74) is 3.17. The molecular formula is C9H8F3NO3. The van der Waals surface area contributed by atoms with Crippen molar-refractivity contribution in [3.05, 3.63) is 23.3 Å². The van der Waals surface area contributed by atoms with Gasteiger partial charge in [-0.2, -0.15) is 13.2 Å². The summed E-state index contributed by atoms with van der Waals surface area (Å²) in [6.07, 6.45) is -4.72. The number of hydrogen-bond donors (Lipinski definition) is 2. The third kappa shape index (κ3) is 2.18. The Labute approximate surface area is 88.4 Å². The minimum Gasteiger partial charge on any atom is -0.494 e. The van der Waals surface area contributed by atoms with Crippen molar-refractivity contribution < 1.29 is 27.8 Å². The summed E-state index contributed by atoms with van der Waals surface area (Å²) in [7, 11) is 1.03. The molecule has 0 fully saturated rings. The van der Waals surface area contributed by atoms with Crippen molar-refractivity contribution >= 4 is 11.7 Å². The minimum absolute atomic E-state index is 0.366. The molecule has 0 spiro atoms. The number of aromatic carboxylic acids is 1. The Bertz CT molecular complexity index is 429. The molecule has 0 aliphatic rings. The van der Waals surface area contributed by atoms with Crippen LogP contribution in [0.3, 0.4) is 0 Å². The Hall–Kier alpha value is -1.92. The van der Waals surface area contributed by atoms with Crippen molar-refractivity contribution in [1.82, 2.24) is 0 Å². The van der Waals surface area contributed by atoms with Gasteiger partial charge in [0.25, 0.3) is 0 Å². The number of benzene rings is 1. The van der Waals surface area contributed by atoms with Crippen molar-refractivity contribution in [2.75, 3.05) is 12.8 Å². The Morgan fingerprint density at radius 1 is 1.44 bits per heavy atom. The predicted molar refractivity (Wildman–Crippen MR) is 49.4 cm³/mol. The molecule has 0 aliphatic carbocycles. The highest BCUT2D eigenvalue weighted by Gasteiger charge is 2.36. The van der Waals surface area contributed by atoms with Gasteiger partial charge in [0.15, 0.2) is 5.75 Å². The number of carbonyl (C=O) groups is 1. The first-order valence-corrected chi connectivity index (χ1v) is 4.05. The van der Waals surface area contributed by atoms with Gasteiger partial charge in [-0.15, -0.1) is 0 Å². The topological polar surface area (TPSA) is 72.5 Å². The molecule has 0 radical (unpaired) electrons. The summed E-state index contributed by atoms with van der Waals surface area (Å²) in [4.78, 5) is 10.6. The lowest BCUT2D eigenvalue weighted by molar-refractivity contribution is -0.138. The molecule has 1 aromatic rings. The summed E-state index contributed by atoms with van der Waals surface area (Å²) in [6, 6.07) is 1.40. The molecule has 1 aromatic carbocycles. The summed E-state index contributed by atoms with van der Waals surface area (Å²) >= 11 is 0. The molecule has 0 atom stereocenters. The molecule has 88 valence electrons. The van der Waals surface area contributed by atoms with Crippen LogP contribution in [0.25, 0.3) is 0 Å². The van der Waals surface area contributed by atoms with Gasteiger partial charge < -0.3 is 15.6 Å². The summed E-state index contributed by atoms with van der Waals surface area (Å²) < 4.78 is 42.1. The molecule has 0 unspecified atom stereocenters. The Kier molecular flexibility index (Phi) is 2.97. The smallest absolute Gasteiger partial charge is 0.420 e. The van der Waals surface area contributed by atoms with Crippen molar-refractivity contribution in [3.8, 4) is 5.75 Å². The molecule has 0 aromatic heterocycles. The SMILES string of the molecule is COc1c(N)cc(C(=O)O)cc1C(F)(F)F. The molecule has 0 saturated heterocycles. The van der Waals surface area contributed by atoms with Crippen LogP contribution in [0.4, 0.5) is 18.9 Å². The number of alkyl halides is 3. The van der Waals surface area contributed by atoms with Crippen molar-refractivity contribution in [2.45, 2.75) is 6.18 Å². The summed E-state index contributed by atoms with van der Waals surface area (Å²) in [6.45, 7) is 0. The fourth-order valence-corrected chi connectivity index (χ4v) is 1.21. The second-order valence-corrected chi connectivity index (χ2v) is 2.95. The van der Waals surface area contributed by atoms with Crippen molar-refractivity contribution in [3.63, 3.8) is 0 Å². The molecule has 7 heteroatoms. The van der Waals surface area contributed by atoms with E-state index in [1.807, 2.05) is 0 Å².